The van der Waals surface area contributed by atoms with E-state index < -0.39 is 6.04 Å². The van der Waals surface area contributed by atoms with Gasteiger partial charge < -0.3 is 10.6 Å². The second-order valence-corrected chi connectivity index (χ2v) is 7.15. The van der Waals surface area contributed by atoms with Crippen LogP contribution in [-0.4, -0.2) is 23.9 Å². The van der Waals surface area contributed by atoms with Gasteiger partial charge in [-0.05, 0) is 42.7 Å². The first kappa shape index (κ1) is 18.5. The number of carbonyl (C=O) groups excluding carboxylic acids is 2. The van der Waals surface area contributed by atoms with Crippen molar-refractivity contribution in [1.82, 2.24) is 10.6 Å². The maximum absolute atomic E-state index is 12.8. The summed E-state index contributed by atoms with van der Waals surface area (Å²) in [5.74, 6) is -0.396. The first-order valence-corrected chi connectivity index (χ1v) is 9.40. The molecular formula is C21H23ClN2O2. The van der Waals surface area contributed by atoms with Crippen molar-refractivity contribution in [3.8, 4) is 0 Å². The van der Waals surface area contributed by atoms with E-state index >= 15 is 0 Å². The number of hydrogen-bond acceptors (Lipinski definition) is 2. The molecular weight excluding hydrogens is 348 g/mol. The van der Waals surface area contributed by atoms with E-state index in [0.29, 0.717) is 17.0 Å². The maximum atomic E-state index is 12.8. The van der Waals surface area contributed by atoms with Crippen molar-refractivity contribution in [2.75, 3.05) is 0 Å². The molecule has 2 aromatic carbocycles. The molecule has 0 aromatic heterocycles. The van der Waals surface area contributed by atoms with Gasteiger partial charge in [0.1, 0.15) is 6.04 Å². The Morgan fingerprint density at radius 3 is 2.31 bits per heavy atom. The van der Waals surface area contributed by atoms with E-state index in [4.69, 9.17) is 11.6 Å². The number of benzene rings is 2. The van der Waals surface area contributed by atoms with E-state index in [2.05, 4.69) is 10.6 Å². The molecule has 1 unspecified atom stereocenters. The highest BCUT2D eigenvalue weighted by Gasteiger charge is 2.25. The Morgan fingerprint density at radius 2 is 1.65 bits per heavy atom. The number of hydrogen-bond donors (Lipinski definition) is 2. The third-order valence-corrected chi connectivity index (χ3v) is 4.96. The molecule has 2 N–H and O–H groups in total. The van der Waals surface area contributed by atoms with Crippen molar-refractivity contribution in [2.45, 2.75) is 44.2 Å². The minimum atomic E-state index is -0.610. The maximum Gasteiger partial charge on any atom is 0.251 e. The quantitative estimate of drug-likeness (QED) is 0.813. The molecule has 0 aliphatic heterocycles. The molecule has 26 heavy (non-hydrogen) atoms. The Bertz CT molecular complexity index is 740. The molecule has 1 fully saturated rings. The summed E-state index contributed by atoms with van der Waals surface area (Å²) in [7, 11) is 0. The molecule has 5 heteroatoms. The van der Waals surface area contributed by atoms with Crippen molar-refractivity contribution in [1.29, 1.82) is 0 Å². The third kappa shape index (κ3) is 5.09. The average Bonchev–Trinajstić information content (AvgIpc) is 3.15. The van der Waals surface area contributed by atoms with Gasteiger partial charge in [-0.2, -0.15) is 0 Å². The Morgan fingerprint density at radius 1 is 1.00 bits per heavy atom. The molecule has 1 aliphatic carbocycles. The molecule has 0 saturated heterocycles. The summed E-state index contributed by atoms with van der Waals surface area (Å²) in [4.78, 5) is 25.3. The van der Waals surface area contributed by atoms with E-state index in [0.717, 1.165) is 31.2 Å². The first-order valence-electron chi connectivity index (χ1n) is 9.02. The molecule has 0 bridgehead atoms. The van der Waals surface area contributed by atoms with Gasteiger partial charge in [-0.15, -0.1) is 0 Å². The lowest BCUT2D eigenvalue weighted by Crippen LogP contribution is -2.50. The van der Waals surface area contributed by atoms with Gasteiger partial charge in [-0.1, -0.05) is 54.8 Å². The Hall–Kier alpha value is -2.33. The van der Waals surface area contributed by atoms with Crippen molar-refractivity contribution in [3.63, 3.8) is 0 Å². The van der Waals surface area contributed by atoms with Gasteiger partial charge >= 0.3 is 0 Å². The molecule has 3 rings (SSSR count). The lowest BCUT2D eigenvalue weighted by atomic mass is 10.0. The summed E-state index contributed by atoms with van der Waals surface area (Å²) >= 11 is 5.88. The fourth-order valence-electron chi connectivity index (χ4n) is 3.27. The molecule has 1 aliphatic rings. The summed E-state index contributed by atoms with van der Waals surface area (Å²) in [6.45, 7) is 0. The Balaban J connectivity index is 1.71. The van der Waals surface area contributed by atoms with Crippen molar-refractivity contribution in [2.24, 2.45) is 0 Å². The number of amides is 2. The first-order chi connectivity index (χ1) is 12.6. The van der Waals surface area contributed by atoms with E-state index in [-0.39, 0.29) is 17.9 Å². The number of carbonyl (C=O) groups is 2. The smallest absolute Gasteiger partial charge is 0.251 e. The van der Waals surface area contributed by atoms with Crippen LogP contribution in [0.4, 0.5) is 0 Å². The number of halogens is 1. The largest absolute Gasteiger partial charge is 0.352 e. The van der Waals surface area contributed by atoms with Crippen LogP contribution in [-0.2, 0) is 11.2 Å². The predicted octanol–water partition coefficient (Wildman–Crippen LogP) is 3.74. The minimum Gasteiger partial charge on any atom is -0.352 e. The van der Waals surface area contributed by atoms with Crippen molar-refractivity contribution < 1.29 is 9.59 Å². The topological polar surface area (TPSA) is 58.2 Å². The summed E-state index contributed by atoms with van der Waals surface area (Å²) in [5.41, 5.74) is 1.50. The Labute approximate surface area is 158 Å². The van der Waals surface area contributed by atoms with Gasteiger partial charge in [-0.25, -0.2) is 0 Å². The standard InChI is InChI=1S/C21H23ClN2O2/c22-17-12-10-16(11-13-17)20(25)24-19(14-15-6-2-1-3-7-15)21(26)23-18-8-4-5-9-18/h1-3,6-7,10-13,18-19H,4-5,8-9,14H2,(H,23,26)(H,24,25). The van der Waals surface area contributed by atoms with E-state index in [1.165, 1.54) is 0 Å². The SMILES string of the molecule is O=C(NC(Cc1ccccc1)C(=O)NC1CCCC1)c1ccc(Cl)cc1. The lowest BCUT2D eigenvalue weighted by molar-refractivity contribution is -0.123. The minimum absolute atomic E-state index is 0.122. The summed E-state index contributed by atoms with van der Waals surface area (Å²) in [6.07, 6.45) is 4.76. The van der Waals surface area contributed by atoms with Gasteiger partial charge in [0, 0.05) is 23.0 Å². The summed E-state index contributed by atoms with van der Waals surface area (Å²) < 4.78 is 0. The van der Waals surface area contributed by atoms with Gasteiger partial charge in [0.05, 0.1) is 0 Å². The van der Waals surface area contributed by atoms with Crippen LogP contribution < -0.4 is 10.6 Å². The van der Waals surface area contributed by atoms with Crippen LogP contribution in [0.3, 0.4) is 0 Å². The van der Waals surface area contributed by atoms with Crippen molar-refractivity contribution in [3.05, 3.63) is 70.7 Å². The molecule has 0 radical (unpaired) electrons. The molecule has 136 valence electrons. The number of nitrogens with one attached hydrogen (secondary N) is 2. The zero-order chi connectivity index (χ0) is 18.4. The molecule has 2 aromatic rings. The average molecular weight is 371 g/mol. The summed E-state index contributed by atoms with van der Waals surface area (Å²) in [6, 6.07) is 16.0. The summed E-state index contributed by atoms with van der Waals surface area (Å²) in [5, 5.41) is 6.54. The monoisotopic (exact) mass is 370 g/mol. The molecule has 2 amide bonds. The number of rotatable bonds is 6. The fourth-order valence-corrected chi connectivity index (χ4v) is 3.40. The normalized spacial score (nSPS) is 15.4. The highest BCUT2D eigenvalue weighted by molar-refractivity contribution is 6.30. The lowest BCUT2D eigenvalue weighted by Gasteiger charge is -2.21. The van der Waals surface area contributed by atoms with Crippen molar-refractivity contribution >= 4 is 23.4 Å². The van der Waals surface area contributed by atoms with E-state index in [1.807, 2.05) is 30.3 Å². The van der Waals surface area contributed by atoms with Crippen LogP contribution in [0.5, 0.6) is 0 Å². The van der Waals surface area contributed by atoms with E-state index in [1.54, 1.807) is 24.3 Å². The second-order valence-electron chi connectivity index (χ2n) is 6.71. The zero-order valence-corrected chi connectivity index (χ0v) is 15.3. The van der Waals surface area contributed by atoms with Gasteiger partial charge in [0.15, 0.2) is 0 Å². The molecule has 0 spiro atoms. The fraction of sp³-hybridized carbons (Fsp3) is 0.333. The van der Waals surface area contributed by atoms with Crippen LogP contribution in [0, 0.1) is 0 Å². The Kier molecular flexibility index (Phi) is 6.29. The molecule has 4 nitrogen and oxygen atoms in total. The highest BCUT2D eigenvalue weighted by Crippen LogP contribution is 2.18. The predicted molar refractivity (Wildman–Crippen MR) is 103 cm³/mol. The van der Waals surface area contributed by atoms with Crippen LogP contribution >= 0.6 is 11.6 Å². The van der Waals surface area contributed by atoms with Crippen LogP contribution in [0.15, 0.2) is 54.6 Å². The second kappa shape index (κ2) is 8.86. The van der Waals surface area contributed by atoms with Crippen LogP contribution in [0.1, 0.15) is 41.6 Å². The molecule has 1 atom stereocenters. The molecule has 1 saturated carbocycles. The van der Waals surface area contributed by atoms with Crippen LogP contribution in [0.25, 0.3) is 0 Å². The van der Waals surface area contributed by atoms with Gasteiger partial charge in [-0.3, -0.25) is 9.59 Å². The third-order valence-electron chi connectivity index (χ3n) is 4.71. The van der Waals surface area contributed by atoms with Gasteiger partial charge in [0.25, 0.3) is 5.91 Å². The molecule has 0 heterocycles. The van der Waals surface area contributed by atoms with Crippen LogP contribution in [0.2, 0.25) is 5.02 Å². The van der Waals surface area contributed by atoms with Gasteiger partial charge in [0.2, 0.25) is 5.91 Å². The highest BCUT2D eigenvalue weighted by atomic mass is 35.5. The zero-order valence-electron chi connectivity index (χ0n) is 14.6. The van der Waals surface area contributed by atoms with E-state index in [9.17, 15) is 9.59 Å².